The van der Waals surface area contributed by atoms with Gasteiger partial charge >= 0.3 is 0 Å². The van der Waals surface area contributed by atoms with Crippen LogP contribution in [0.25, 0.3) is 0 Å². The van der Waals surface area contributed by atoms with Gasteiger partial charge in [0.1, 0.15) is 0 Å². The van der Waals surface area contributed by atoms with Gasteiger partial charge in [0.15, 0.2) is 5.17 Å². The molecule has 0 saturated carbocycles. The van der Waals surface area contributed by atoms with Crippen molar-refractivity contribution in [3.63, 3.8) is 0 Å². The van der Waals surface area contributed by atoms with Crippen LogP contribution in [-0.2, 0) is 0 Å². The number of rotatable bonds is 0. The van der Waals surface area contributed by atoms with Crippen LogP contribution in [0.1, 0.15) is 6.92 Å². The average Bonchev–Trinajstić information content (AvgIpc) is 1.85. The van der Waals surface area contributed by atoms with Crippen molar-refractivity contribution in [1.29, 1.82) is 0 Å². The number of aliphatic imine (C=N–C) groups is 1. The molecule has 0 amide bonds. The first-order chi connectivity index (χ1) is 3.70. The molecule has 0 aromatic rings. The normalized spacial score (nSPS) is 28.4. The highest BCUT2D eigenvalue weighted by Gasteiger charge is 2.16. The van der Waals surface area contributed by atoms with Gasteiger partial charge in [-0.1, -0.05) is 12.2 Å². The SMILES string of the molecule is CC1N=C(N)SC1=S. The first kappa shape index (κ1) is 6.04. The molecule has 0 aromatic heterocycles. The number of thiocarbonyl (C=S) groups is 1. The topological polar surface area (TPSA) is 38.4 Å². The fourth-order valence-corrected chi connectivity index (χ4v) is 1.41. The first-order valence-electron chi connectivity index (χ1n) is 2.25. The zero-order valence-electron chi connectivity index (χ0n) is 4.42. The van der Waals surface area contributed by atoms with E-state index in [4.69, 9.17) is 18.0 Å². The van der Waals surface area contributed by atoms with Gasteiger partial charge in [0.2, 0.25) is 0 Å². The van der Waals surface area contributed by atoms with Gasteiger partial charge in [-0.3, -0.25) is 4.99 Å². The van der Waals surface area contributed by atoms with Gasteiger partial charge in [-0.2, -0.15) is 0 Å². The minimum atomic E-state index is 0.148. The lowest BCUT2D eigenvalue weighted by Gasteiger charge is -1.90. The van der Waals surface area contributed by atoms with Crippen LogP contribution in [0.3, 0.4) is 0 Å². The Kier molecular flexibility index (Phi) is 1.53. The molecule has 0 radical (unpaired) electrons. The van der Waals surface area contributed by atoms with Crippen molar-refractivity contribution < 1.29 is 0 Å². The number of hydrogen-bond donors (Lipinski definition) is 1. The number of hydrogen-bond acceptors (Lipinski definition) is 4. The average molecular weight is 146 g/mol. The summed E-state index contributed by atoms with van der Waals surface area (Å²) in [6, 6.07) is 0.148. The van der Waals surface area contributed by atoms with Crippen molar-refractivity contribution in [3.05, 3.63) is 0 Å². The Labute approximate surface area is 57.5 Å². The molecule has 0 spiro atoms. The number of thioether (sulfide) groups is 1. The molecule has 1 unspecified atom stereocenters. The molecule has 0 saturated heterocycles. The third kappa shape index (κ3) is 1.00. The van der Waals surface area contributed by atoms with E-state index >= 15 is 0 Å². The lowest BCUT2D eigenvalue weighted by atomic mass is 10.4. The third-order valence-corrected chi connectivity index (χ3v) is 2.32. The van der Waals surface area contributed by atoms with Crippen molar-refractivity contribution in [3.8, 4) is 0 Å². The van der Waals surface area contributed by atoms with Gasteiger partial charge < -0.3 is 5.73 Å². The van der Waals surface area contributed by atoms with Crippen LogP contribution in [0, 0.1) is 0 Å². The summed E-state index contributed by atoms with van der Waals surface area (Å²) >= 11 is 6.27. The Hall–Kier alpha value is -0.0900. The van der Waals surface area contributed by atoms with Crippen LogP contribution in [0.4, 0.5) is 0 Å². The molecule has 8 heavy (non-hydrogen) atoms. The summed E-state index contributed by atoms with van der Waals surface area (Å²) in [4.78, 5) is 3.99. The van der Waals surface area contributed by atoms with Gasteiger partial charge in [0, 0.05) is 0 Å². The molecule has 1 aliphatic heterocycles. The van der Waals surface area contributed by atoms with E-state index in [0.29, 0.717) is 5.17 Å². The van der Waals surface area contributed by atoms with Crippen LogP contribution in [-0.4, -0.2) is 15.4 Å². The second kappa shape index (κ2) is 2.03. The quantitative estimate of drug-likeness (QED) is 0.513. The molecule has 1 rings (SSSR count). The van der Waals surface area contributed by atoms with Crippen molar-refractivity contribution in [1.82, 2.24) is 0 Å². The van der Waals surface area contributed by atoms with Gasteiger partial charge in [0.25, 0.3) is 0 Å². The lowest BCUT2D eigenvalue weighted by molar-refractivity contribution is 1.01. The minimum absolute atomic E-state index is 0.148. The summed E-state index contributed by atoms with van der Waals surface area (Å²) in [7, 11) is 0. The summed E-state index contributed by atoms with van der Waals surface area (Å²) in [5, 5.41) is 0.600. The third-order valence-electron chi connectivity index (χ3n) is 0.867. The lowest BCUT2D eigenvalue weighted by Crippen LogP contribution is -2.01. The van der Waals surface area contributed by atoms with Gasteiger partial charge in [0.05, 0.1) is 10.2 Å². The van der Waals surface area contributed by atoms with Gasteiger partial charge in [-0.25, -0.2) is 0 Å². The van der Waals surface area contributed by atoms with Crippen LogP contribution < -0.4 is 5.73 Å². The fourth-order valence-electron chi connectivity index (χ4n) is 0.458. The number of nitrogens with zero attached hydrogens (tertiary/aromatic N) is 1. The van der Waals surface area contributed by atoms with Crippen LogP contribution >= 0.6 is 24.0 Å². The Morgan fingerprint density at radius 2 is 2.50 bits per heavy atom. The monoisotopic (exact) mass is 146 g/mol. The molecule has 0 bridgehead atoms. The highest BCUT2D eigenvalue weighted by atomic mass is 32.2. The Bertz CT molecular complexity index is 152. The highest BCUT2D eigenvalue weighted by molar-refractivity contribution is 8.33. The maximum Gasteiger partial charge on any atom is 0.160 e. The van der Waals surface area contributed by atoms with Gasteiger partial charge in [-0.05, 0) is 18.7 Å². The molecular formula is C4H6N2S2. The molecule has 0 aliphatic carbocycles. The second-order valence-corrected chi connectivity index (χ2v) is 3.32. The summed E-state index contributed by atoms with van der Waals surface area (Å²) in [5.41, 5.74) is 5.34. The van der Waals surface area contributed by atoms with Crippen molar-refractivity contribution in [2.24, 2.45) is 10.7 Å². The number of nitrogens with two attached hydrogens (primary N) is 1. The zero-order chi connectivity index (χ0) is 6.15. The van der Waals surface area contributed by atoms with Crippen LogP contribution in [0.5, 0.6) is 0 Å². The Balaban J connectivity index is 2.69. The second-order valence-electron chi connectivity index (χ2n) is 1.56. The van der Waals surface area contributed by atoms with E-state index in [0.717, 1.165) is 4.20 Å². The molecule has 4 heteroatoms. The van der Waals surface area contributed by atoms with Crippen LogP contribution in [0.2, 0.25) is 0 Å². The van der Waals surface area contributed by atoms with Crippen molar-refractivity contribution in [2.75, 3.05) is 0 Å². The predicted octanol–water partition coefficient (Wildman–Crippen LogP) is 0.764. The molecule has 2 nitrogen and oxygen atoms in total. The largest absolute Gasteiger partial charge is 0.378 e. The Morgan fingerprint density at radius 1 is 1.88 bits per heavy atom. The van der Waals surface area contributed by atoms with E-state index in [1.165, 1.54) is 11.8 Å². The van der Waals surface area contributed by atoms with Gasteiger partial charge in [-0.15, -0.1) is 0 Å². The fraction of sp³-hybridized carbons (Fsp3) is 0.500. The van der Waals surface area contributed by atoms with E-state index < -0.39 is 0 Å². The zero-order valence-corrected chi connectivity index (χ0v) is 6.05. The van der Waals surface area contributed by atoms with Crippen molar-refractivity contribution in [2.45, 2.75) is 13.0 Å². The molecule has 1 atom stereocenters. The maximum absolute atomic E-state index is 5.34. The Morgan fingerprint density at radius 3 is 2.62 bits per heavy atom. The van der Waals surface area contributed by atoms with E-state index in [1.54, 1.807) is 0 Å². The molecule has 1 aliphatic rings. The standard InChI is InChI=1S/C4H6N2S2/c1-2-3(7)8-4(5)6-2/h2H,1H3,(H2,5,6). The smallest absolute Gasteiger partial charge is 0.160 e. The molecule has 0 aromatic carbocycles. The molecule has 0 fully saturated rings. The highest BCUT2D eigenvalue weighted by Crippen LogP contribution is 2.17. The number of amidine groups is 1. The molecule has 44 valence electrons. The van der Waals surface area contributed by atoms with E-state index in [1.807, 2.05) is 6.92 Å². The molecular weight excluding hydrogens is 140 g/mol. The molecule has 2 N–H and O–H groups in total. The maximum atomic E-state index is 5.34. The summed E-state index contributed by atoms with van der Waals surface area (Å²) in [6.07, 6.45) is 0. The summed E-state index contributed by atoms with van der Waals surface area (Å²) in [5.74, 6) is 0. The predicted molar refractivity (Wildman–Crippen MR) is 41.3 cm³/mol. The summed E-state index contributed by atoms with van der Waals surface area (Å²) in [6.45, 7) is 1.94. The first-order valence-corrected chi connectivity index (χ1v) is 3.47. The van der Waals surface area contributed by atoms with E-state index in [-0.39, 0.29) is 6.04 Å². The van der Waals surface area contributed by atoms with Crippen LogP contribution in [0.15, 0.2) is 4.99 Å². The minimum Gasteiger partial charge on any atom is -0.378 e. The summed E-state index contributed by atoms with van der Waals surface area (Å²) < 4.78 is 0.877. The van der Waals surface area contributed by atoms with E-state index in [9.17, 15) is 0 Å². The van der Waals surface area contributed by atoms with Crippen molar-refractivity contribution >= 4 is 33.3 Å². The molecule has 1 heterocycles. The van der Waals surface area contributed by atoms with E-state index in [2.05, 4.69) is 4.99 Å².